The Morgan fingerprint density at radius 3 is 2.83 bits per heavy atom. The Kier molecular flexibility index (Phi) is 4.37. The molecule has 18 heavy (non-hydrogen) atoms. The first-order chi connectivity index (χ1) is 8.49. The first kappa shape index (κ1) is 13.9. The van der Waals surface area contributed by atoms with Gasteiger partial charge in [-0.1, -0.05) is 0 Å². The van der Waals surface area contributed by atoms with Crippen molar-refractivity contribution in [3.63, 3.8) is 0 Å². The molecule has 2 N–H and O–H groups in total. The summed E-state index contributed by atoms with van der Waals surface area (Å²) in [6, 6.07) is 3.66. The van der Waals surface area contributed by atoms with E-state index in [0.29, 0.717) is 6.54 Å². The zero-order valence-electron chi connectivity index (χ0n) is 9.62. The second-order valence-corrected chi connectivity index (χ2v) is 6.81. The molecular formula is C11H14BrFN2O2S. The van der Waals surface area contributed by atoms with Crippen molar-refractivity contribution < 1.29 is 12.8 Å². The van der Waals surface area contributed by atoms with Crippen molar-refractivity contribution in [3.05, 3.63) is 28.5 Å². The zero-order chi connectivity index (χ0) is 13.2. The molecule has 0 unspecified atom stereocenters. The van der Waals surface area contributed by atoms with Crippen molar-refractivity contribution >= 4 is 26.0 Å². The SMILES string of the molecule is O=S(=O)(N[C@H]1CCCNC1)c1ccc(Br)c(F)c1. The molecule has 0 spiro atoms. The molecule has 2 rings (SSSR count). The van der Waals surface area contributed by atoms with Gasteiger partial charge in [-0.2, -0.15) is 0 Å². The van der Waals surface area contributed by atoms with Gasteiger partial charge in [0.05, 0.1) is 9.37 Å². The van der Waals surface area contributed by atoms with Crippen molar-refractivity contribution in [1.82, 2.24) is 10.0 Å². The number of piperidine rings is 1. The summed E-state index contributed by atoms with van der Waals surface area (Å²) < 4.78 is 40.3. The number of benzene rings is 1. The van der Waals surface area contributed by atoms with E-state index >= 15 is 0 Å². The molecule has 1 fully saturated rings. The molecule has 0 aromatic heterocycles. The van der Waals surface area contributed by atoms with Crippen LogP contribution in [0.4, 0.5) is 4.39 Å². The topological polar surface area (TPSA) is 58.2 Å². The van der Waals surface area contributed by atoms with Gasteiger partial charge in [-0.15, -0.1) is 0 Å². The van der Waals surface area contributed by atoms with Crippen LogP contribution in [0.1, 0.15) is 12.8 Å². The predicted octanol–water partition coefficient (Wildman–Crippen LogP) is 1.62. The summed E-state index contributed by atoms with van der Waals surface area (Å²) >= 11 is 2.99. The fourth-order valence-electron chi connectivity index (χ4n) is 1.88. The van der Waals surface area contributed by atoms with Crippen molar-refractivity contribution in [2.24, 2.45) is 0 Å². The minimum Gasteiger partial charge on any atom is -0.315 e. The maximum Gasteiger partial charge on any atom is 0.240 e. The number of rotatable bonds is 3. The fraction of sp³-hybridized carbons (Fsp3) is 0.455. The molecule has 0 amide bonds. The number of hydrogen-bond donors (Lipinski definition) is 2. The quantitative estimate of drug-likeness (QED) is 0.881. The fourth-order valence-corrected chi connectivity index (χ4v) is 3.41. The van der Waals surface area contributed by atoms with Gasteiger partial charge in [0.1, 0.15) is 5.82 Å². The van der Waals surface area contributed by atoms with E-state index in [9.17, 15) is 12.8 Å². The lowest BCUT2D eigenvalue weighted by Crippen LogP contribution is -2.45. The van der Waals surface area contributed by atoms with Crippen molar-refractivity contribution in [3.8, 4) is 0 Å². The zero-order valence-corrected chi connectivity index (χ0v) is 12.0. The molecule has 1 aromatic rings. The Morgan fingerprint density at radius 2 is 2.22 bits per heavy atom. The molecule has 1 aliphatic rings. The molecular weight excluding hydrogens is 323 g/mol. The predicted molar refractivity (Wildman–Crippen MR) is 70.3 cm³/mol. The first-order valence-electron chi connectivity index (χ1n) is 5.67. The highest BCUT2D eigenvalue weighted by Gasteiger charge is 2.22. The van der Waals surface area contributed by atoms with Gasteiger partial charge in [0, 0.05) is 12.6 Å². The third-order valence-electron chi connectivity index (χ3n) is 2.82. The van der Waals surface area contributed by atoms with E-state index < -0.39 is 15.8 Å². The lowest BCUT2D eigenvalue weighted by Gasteiger charge is -2.23. The Balaban J connectivity index is 2.16. The average molecular weight is 337 g/mol. The van der Waals surface area contributed by atoms with Crippen LogP contribution >= 0.6 is 15.9 Å². The Labute approximate surface area is 114 Å². The minimum atomic E-state index is -3.65. The minimum absolute atomic E-state index is 0.0474. The average Bonchev–Trinajstić information content (AvgIpc) is 2.33. The molecule has 1 heterocycles. The van der Waals surface area contributed by atoms with E-state index in [1.165, 1.54) is 12.1 Å². The number of nitrogens with one attached hydrogen (secondary N) is 2. The van der Waals surface area contributed by atoms with Crippen LogP contribution in [-0.2, 0) is 10.0 Å². The monoisotopic (exact) mass is 336 g/mol. The van der Waals surface area contributed by atoms with Crippen LogP contribution in [0.3, 0.4) is 0 Å². The third-order valence-corrected chi connectivity index (χ3v) is 4.98. The molecule has 0 saturated carbocycles. The molecule has 1 atom stereocenters. The summed E-state index contributed by atoms with van der Waals surface area (Å²) in [6.07, 6.45) is 1.73. The van der Waals surface area contributed by atoms with Crippen LogP contribution in [0.5, 0.6) is 0 Å². The van der Waals surface area contributed by atoms with E-state index in [4.69, 9.17) is 0 Å². The van der Waals surface area contributed by atoms with Gasteiger partial charge in [0.15, 0.2) is 0 Å². The maximum absolute atomic E-state index is 13.3. The molecule has 0 bridgehead atoms. The van der Waals surface area contributed by atoms with Gasteiger partial charge in [0.2, 0.25) is 10.0 Å². The summed E-state index contributed by atoms with van der Waals surface area (Å²) in [5, 5.41) is 3.12. The van der Waals surface area contributed by atoms with Crippen LogP contribution in [0.25, 0.3) is 0 Å². The van der Waals surface area contributed by atoms with Crippen LogP contribution in [0, 0.1) is 5.82 Å². The van der Waals surface area contributed by atoms with Gasteiger partial charge >= 0.3 is 0 Å². The molecule has 0 aliphatic carbocycles. The summed E-state index contributed by atoms with van der Waals surface area (Å²) in [5.74, 6) is -0.584. The highest BCUT2D eigenvalue weighted by molar-refractivity contribution is 9.10. The second-order valence-electron chi connectivity index (χ2n) is 4.24. The van der Waals surface area contributed by atoms with E-state index in [1.54, 1.807) is 0 Å². The van der Waals surface area contributed by atoms with Crippen molar-refractivity contribution in [1.29, 1.82) is 0 Å². The Bertz CT molecular complexity index is 530. The molecule has 1 saturated heterocycles. The van der Waals surface area contributed by atoms with E-state index in [0.717, 1.165) is 25.5 Å². The summed E-state index contributed by atoms with van der Waals surface area (Å²) in [4.78, 5) is -0.0474. The van der Waals surface area contributed by atoms with E-state index in [-0.39, 0.29) is 15.4 Å². The number of halogens is 2. The molecule has 1 aromatic carbocycles. The summed E-state index contributed by atoms with van der Waals surface area (Å²) in [6.45, 7) is 1.52. The van der Waals surface area contributed by atoms with Gasteiger partial charge < -0.3 is 5.32 Å². The smallest absolute Gasteiger partial charge is 0.240 e. The van der Waals surface area contributed by atoms with Crippen molar-refractivity contribution in [2.75, 3.05) is 13.1 Å². The van der Waals surface area contributed by atoms with Gasteiger partial charge in [-0.05, 0) is 53.5 Å². The van der Waals surface area contributed by atoms with Crippen LogP contribution in [0.15, 0.2) is 27.6 Å². The molecule has 100 valence electrons. The Morgan fingerprint density at radius 1 is 1.44 bits per heavy atom. The van der Waals surface area contributed by atoms with Crippen LogP contribution in [-0.4, -0.2) is 27.5 Å². The summed E-state index contributed by atoms with van der Waals surface area (Å²) in [7, 11) is -3.65. The third kappa shape index (κ3) is 3.28. The summed E-state index contributed by atoms with van der Waals surface area (Å²) in [5.41, 5.74) is 0. The first-order valence-corrected chi connectivity index (χ1v) is 7.95. The highest BCUT2D eigenvalue weighted by atomic mass is 79.9. The molecule has 1 aliphatic heterocycles. The standard InChI is InChI=1S/C11H14BrFN2O2S/c12-10-4-3-9(6-11(10)13)18(16,17)15-8-2-1-5-14-7-8/h3-4,6,8,14-15H,1-2,5,7H2/t8-/m0/s1. The van der Waals surface area contributed by atoms with E-state index in [2.05, 4.69) is 26.0 Å². The normalized spacial score (nSPS) is 20.9. The van der Waals surface area contributed by atoms with Crippen molar-refractivity contribution in [2.45, 2.75) is 23.8 Å². The van der Waals surface area contributed by atoms with Gasteiger partial charge in [-0.25, -0.2) is 17.5 Å². The second kappa shape index (κ2) is 5.64. The largest absolute Gasteiger partial charge is 0.315 e. The van der Waals surface area contributed by atoms with Gasteiger partial charge in [0.25, 0.3) is 0 Å². The van der Waals surface area contributed by atoms with Crippen LogP contribution < -0.4 is 10.0 Å². The Hall–Kier alpha value is -0.500. The van der Waals surface area contributed by atoms with Gasteiger partial charge in [-0.3, -0.25) is 0 Å². The lowest BCUT2D eigenvalue weighted by molar-refractivity contribution is 0.428. The lowest BCUT2D eigenvalue weighted by atomic mass is 10.1. The molecule has 7 heteroatoms. The van der Waals surface area contributed by atoms with E-state index in [1.807, 2.05) is 0 Å². The highest BCUT2D eigenvalue weighted by Crippen LogP contribution is 2.19. The maximum atomic E-state index is 13.3. The number of hydrogen-bond acceptors (Lipinski definition) is 3. The molecule has 4 nitrogen and oxygen atoms in total. The molecule has 0 radical (unpaired) electrons. The van der Waals surface area contributed by atoms with Crippen LogP contribution in [0.2, 0.25) is 0 Å². The number of sulfonamides is 1.